The summed E-state index contributed by atoms with van der Waals surface area (Å²) < 4.78 is 5.43. The number of nitrogens with zero attached hydrogens (tertiary/aromatic N) is 2. The molecule has 6 heteroatoms. The van der Waals surface area contributed by atoms with Crippen LogP contribution in [0.4, 0.5) is 0 Å². The van der Waals surface area contributed by atoms with Gasteiger partial charge in [0.15, 0.2) is 0 Å². The molecule has 0 atom stereocenters. The summed E-state index contributed by atoms with van der Waals surface area (Å²) in [5, 5.41) is 2.94. The van der Waals surface area contributed by atoms with Crippen LogP contribution in [-0.2, 0) is 16.1 Å². The first-order chi connectivity index (χ1) is 13.1. The Bertz CT molecular complexity index is 790. The summed E-state index contributed by atoms with van der Waals surface area (Å²) in [5.41, 5.74) is 1.08. The second-order valence-corrected chi connectivity index (χ2v) is 6.65. The molecule has 2 heterocycles. The van der Waals surface area contributed by atoms with Gasteiger partial charge in [0.1, 0.15) is 11.5 Å². The van der Waals surface area contributed by atoms with E-state index in [9.17, 15) is 9.59 Å². The molecule has 1 fully saturated rings. The third-order valence-corrected chi connectivity index (χ3v) is 4.54. The SMILES string of the molecule is Cc1ccc(/C=C/C(=O)N2CCN(CC(=O)NCc3ccccc3)CC2)o1. The molecule has 0 bridgehead atoms. The molecule has 1 aromatic carbocycles. The normalized spacial score (nSPS) is 15.2. The van der Waals surface area contributed by atoms with Crippen LogP contribution in [0.1, 0.15) is 17.1 Å². The van der Waals surface area contributed by atoms with Gasteiger partial charge >= 0.3 is 0 Å². The van der Waals surface area contributed by atoms with Crippen molar-refractivity contribution in [2.45, 2.75) is 13.5 Å². The van der Waals surface area contributed by atoms with Crippen LogP contribution in [0.15, 0.2) is 53.0 Å². The monoisotopic (exact) mass is 367 g/mol. The van der Waals surface area contributed by atoms with Crippen LogP contribution in [0.3, 0.4) is 0 Å². The maximum absolute atomic E-state index is 12.3. The molecule has 142 valence electrons. The van der Waals surface area contributed by atoms with Crippen LogP contribution in [0.25, 0.3) is 6.08 Å². The average molecular weight is 367 g/mol. The van der Waals surface area contributed by atoms with E-state index in [-0.39, 0.29) is 11.8 Å². The lowest BCUT2D eigenvalue weighted by Crippen LogP contribution is -2.50. The van der Waals surface area contributed by atoms with Crippen molar-refractivity contribution in [3.8, 4) is 0 Å². The summed E-state index contributed by atoms with van der Waals surface area (Å²) in [6, 6.07) is 13.6. The summed E-state index contributed by atoms with van der Waals surface area (Å²) in [7, 11) is 0. The Morgan fingerprint density at radius 2 is 1.81 bits per heavy atom. The average Bonchev–Trinajstić information content (AvgIpc) is 3.11. The number of furan rings is 1. The van der Waals surface area contributed by atoms with E-state index in [1.165, 1.54) is 0 Å². The van der Waals surface area contributed by atoms with Crippen LogP contribution in [0.2, 0.25) is 0 Å². The van der Waals surface area contributed by atoms with Crippen molar-refractivity contribution in [2.75, 3.05) is 32.7 Å². The van der Waals surface area contributed by atoms with Gasteiger partial charge in [0.25, 0.3) is 0 Å². The third-order valence-electron chi connectivity index (χ3n) is 4.54. The maximum Gasteiger partial charge on any atom is 0.246 e. The molecule has 1 aromatic heterocycles. The van der Waals surface area contributed by atoms with E-state index in [1.54, 1.807) is 17.1 Å². The number of rotatable bonds is 6. The van der Waals surface area contributed by atoms with Crippen molar-refractivity contribution in [1.29, 1.82) is 0 Å². The Morgan fingerprint density at radius 1 is 1.07 bits per heavy atom. The first-order valence-corrected chi connectivity index (χ1v) is 9.16. The zero-order valence-electron chi connectivity index (χ0n) is 15.6. The minimum atomic E-state index is -0.0303. The van der Waals surface area contributed by atoms with Gasteiger partial charge in [-0.25, -0.2) is 0 Å². The quantitative estimate of drug-likeness (QED) is 0.794. The fourth-order valence-corrected chi connectivity index (χ4v) is 2.98. The van der Waals surface area contributed by atoms with E-state index in [2.05, 4.69) is 10.2 Å². The van der Waals surface area contributed by atoms with Crippen LogP contribution in [-0.4, -0.2) is 54.3 Å². The highest BCUT2D eigenvalue weighted by atomic mass is 16.3. The molecule has 1 aliphatic rings. The highest BCUT2D eigenvalue weighted by Crippen LogP contribution is 2.09. The predicted octanol–water partition coefficient (Wildman–Crippen LogP) is 2.06. The zero-order chi connectivity index (χ0) is 19.1. The number of benzene rings is 1. The number of carbonyl (C=O) groups excluding carboxylic acids is 2. The fourth-order valence-electron chi connectivity index (χ4n) is 2.98. The Morgan fingerprint density at radius 3 is 2.48 bits per heavy atom. The fraction of sp³-hybridized carbons (Fsp3) is 0.333. The summed E-state index contributed by atoms with van der Waals surface area (Å²) in [4.78, 5) is 28.2. The van der Waals surface area contributed by atoms with E-state index in [0.29, 0.717) is 45.0 Å². The summed E-state index contributed by atoms with van der Waals surface area (Å²) in [6.45, 7) is 5.38. The topological polar surface area (TPSA) is 65.8 Å². The second-order valence-electron chi connectivity index (χ2n) is 6.65. The Labute approximate surface area is 159 Å². The minimum Gasteiger partial charge on any atom is -0.462 e. The van der Waals surface area contributed by atoms with E-state index < -0.39 is 0 Å². The molecular weight excluding hydrogens is 342 g/mol. The van der Waals surface area contributed by atoms with Crippen LogP contribution in [0, 0.1) is 6.92 Å². The van der Waals surface area contributed by atoms with Gasteiger partial charge in [0.2, 0.25) is 11.8 Å². The lowest BCUT2D eigenvalue weighted by molar-refractivity contribution is -0.128. The molecule has 6 nitrogen and oxygen atoms in total. The first-order valence-electron chi connectivity index (χ1n) is 9.16. The van der Waals surface area contributed by atoms with Gasteiger partial charge in [-0.3, -0.25) is 14.5 Å². The molecule has 0 saturated carbocycles. The largest absolute Gasteiger partial charge is 0.462 e. The standard InChI is InChI=1S/C21H25N3O3/c1-17-7-8-19(27-17)9-10-21(26)24-13-11-23(12-14-24)16-20(25)22-15-18-5-3-2-4-6-18/h2-10H,11-16H2,1H3,(H,22,25)/b10-9+. The van der Waals surface area contributed by atoms with Gasteiger partial charge < -0.3 is 14.6 Å². The number of hydrogen-bond acceptors (Lipinski definition) is 4. The van der Waals surface area contributed by atoms with Crippen LogP contribution in [0.5, 0.6) is 0 Å². The van der Waals surface area contributed by atoms with Crippen molar-refractivity contribution < 1.29 is 14.0 Å². The molecule has 0 spiro atoms. The molecular formula is C21H25N3O3. The molecule has 27 heavy (non-hydrogen) atoms. The van der Waals surface area contributed by atoms with E-state index in [4.69, 9.17) is 4.42 Å². The molecule has 0 aliphatic carbocycles. The maximum atomic E-state index is 12.3. The molecule has 2 amide bonds. The minimum absolute atomic E-state index is 0.00622. The van der Waals surface area contributed by atoms with Crippen molar-refractivity contribution in [3.05, 3.63) is 65.6 Å². The lowest BCUT2D eigenvalue weighted by Gasteiger charge is -2.33. The Hall–Kier alpha value is -2.86. The van der Waals surface area contributed by atoms with Gasteiger partial charge in [-0.2, -0.15) is 0 Å². The molecule has 1 N–H and O–H groups in total. The molecule has 1 saturated heterocycles. The van der Waals surface area contributed by atoms with Crippen molar-refractivity contribution in [2.24, 2.45) is 0 Å². The predicted molar refractivity (Wildman–Crippen MR) is 104 cm³/mol. The van der Waals surface area contributed by atoms with Crippen molar-refractivity contribution >= 4 is 17.9 Å². The zero-order valence-corrected chi connectivity index (χ0v) is 15.6. The summed E-state index contributed by atoms with van der Waals surface area (Å²) >= 11 is 0. The third kappa shape index (κ3) is 5.82. The highest BCUT2D eigenvalue weighted by Gasteiger charge is 2.21. The van der Waals surface area contributed by atoms with Gasteiger partial charge in [-0.05, 0) is 30.7 Å². The van der Waals surface area contributed by atoms with E-state index in [0.717, 1.165) is 11.3 Å². The molecule has 1 aliphatic heterocycles. The Kier molecular flexibility index (Phi) is 6.44. The Balaban J connectivity index is 1.38. The van der Waals surface area contributed by atoms with Gasteiger partial charge in [0.05, 0.1) is 6.54 Å². The van der Waals surface area contributed by atoms with Crippen LogP contribution < -0.4 is 5.32 Å². The number of hydrogen-bond donors (Lipinski definition) is 1. The van der Waals surface area contributed by atoms with Gasteiger partial charge in [0, 0.05) is 38.8 Å². The van der Waals surface area contributed by atoms with Crippen molar-refractivity contribution in [1.82, 2.24) is 15.1 Å². The molecule has 0 unspecified atom stereocenters. The van der Waals surface area contributed by atoms with Crippen molar-refractivity contribution in [3.63, 3.8) is 0 Å². The number of piperazine rings is 1. The van der Waals surface area contributed by atoms with Gasteiger partial charge in [-0.1, -0.05) is 30.3 Å². The van der Waals surface area contributed by atoms with Gasteiger partial charge in [-0.15, -0.1) is 0 Å². The van der Waals surface area contributed by atoms with Crippen LogP contribution >= 0.6 is 0 Å². The molecule has 0 radical (unpaired) electrons. The highest BCUT2D eigenvalue weighted by molar-refractivity contribution is 5.91. The molecule has 2 aromatic rings. The summed E-state index contributed by atoms with van der Waals surface area (Å²) in [5.74, 6) is 1.47. The summed E-state index contributed by atoms with van der Waals surface area (Å²) in [6.07, 6.45) is 3.24. The number of nitrogens with one attached hydrogen (secondary N) is 1. The molecule has 3 rings (SSSR count). The lowest BCUT2D eigenvalue weighted by atomic mass is 10.2. The van der Waals surface area contributed by atoms with E-state index in [1.807, 2.05) is 49.4 Å². The number of aryl methyl sites for hydroxylation is 1. The number of carbonyl (C=O) groups is 2. The first kappa shape index (κ1) is 18.9. The smallest absolute Gasteiger partial charge is 0.246 e. The number of amides is 2. The second kappa shape index (κ2) is 9.19. The van der Waals surface area contributed by atoms with E-state index >= 15 is 0 Å².